The summed E-state index contributed by atoms with van der Waals surface area (Å²) in [7, 11) is 0. The summed E-state index contributed by atoms with van der Waals surface area (Å²) in [5.41, 5.74) is 10.1. The van der Waals surface area contributed by atoms with Gasteiger partial charge in [-0.2, -0.15) is 0 Å². The van der Waals surface area contributed by atoms with E-state index >= 15 is 0 Å². The molecular weight excluding hydrogens is 520 g/mol. The second-order valence-corrected chi connectivity index (χ2v) is 10.0. The second-order valence-electron chi connectivity index (χ2n) is 10.0. The molecule has 0 saturated heterocycles. The van der Waals surface area contributed by atoms with Crippen molar-refractivity contribution < 1.29 is 0 Å². The zero-order chi connectivity index (χ0) is 27.6. The Hall–Kier alpha value is -6.02. The number of hydrogen-bond donors (Lipinski definition) is 0. The quantitative estimate of drug-likeness (QED) is 0.215. The van der Waals surface area contributed by atoms with Crippen LogP contribution >= 0.6 is 0 Å². The Morgan fingerprint density at radius 3 is 0.833 bits per heavy atom. The topological polar surface area (TPSA) is 103 Å². The van der Waals surface area contributed by atoms with Crippen LogP contribution in [0, 0.1) is 0 Å². The van der Waals surface area contributed by atoms with Crippen LogP contribution in [0.25, 0.3) is 87.9 Å². The van der Waals surface area contributed by atoms with Crippen LogP contribution in [0.1, 0.15) is 0 Å². The fraction of sp³-hybridized carbons (Fsp3) is 0. The standard InChI is InChI=1S/C34H18N8/c1-2-6-20-19(5-1)27(29-31-23(35-9-13-39-31)17-24-32(29)40-14-10-36-24)21-7-3-4-8-22(21)28(20)30-33-25(37-11-15-41-33)18-26-34(30)42-16-12-38-26/h1-18H. The van der Waals surface area contributed by atoms with Gasteiger partial charge in [0.25, 0.3) is 0 Å². The minimum atomic E-state index is 0.767. The number of benzene rings is 5. The minimum Gasteiger partial charge on any atom is -0.253 e. The number of hydrogen-bond acceptors (Lipinski definition) is 8. The van der Waals surface area contributed by atoms with Crippen LogP contribution in [-0.2, 0) is 0 Å². The van der Waals surface area contributed by atoms with Gasteiger partial charge in [-0.05, 0) is 33.7 Å². The fourth-order valence-electron chi connectivity index (χ4n) is 6.21. The molecule has 4 aromatic heterocycles. The fourth-order valence-corrected chi connectivity index (χ4v) is 6.21. The van der Waals surface area contributed by atoms with Crippen molar-refractivity contribution in [1.82, 2.24) is 39.9 Å². The molecule has 0 unspecified atom stereocenters. The van der Waals surface area contributed by atoms with Gasteiger partial charge >= 0.3 is 0 Å². The molecule has 5 aromatic carbocycles. The Labute approximate surface area is 237 Å². The monoisotopic (exact) mass is 538 g/mol. The molecule has 42 heavy (non-hydrogen) atoms. The highest BCUT2D eigenvalue weighted by Gasteiger charge is 2.24. The predicted octanol–water partition coefficient (Wildman–Crippen LogP) is 7.10. The third-order valence-electron chi connectivity index (χ3n) is 7.83. The summed E-state index contributed by atoms with van der Waals surface area (Å²) < 4.78 is 0. The van der Waals surface area contributed by atoms with E-state index in [1.807, 2.05) is 12.1 Å². The highest BCUT2D eigenvalue weighted by molar-refractivity contribution is 6.28. The van der Waals surface area contributed by atoms with Gasteiger partial charge in [0.15, 0.2) is 0 Å². The van der Waals surface area contributed by atoms with Gasteiger partial charge in [0.2, 0.25) is 0 Å². The molecule has 0 radical (unpaired) electrons. The van der Waals surface area contributed by atoms with Crippen LogP contribution in [-0.4, -0.2) is 39.9 Å². The van der Waals surface area contributed by atoms with Crippen LogP contribution in [0.5, 0.6) is 0 Å². The lowest BCUT2D eigenvalue weighted by Gasteiger charge is -2.20. The first-order chi connectivity index (χ1) is 20.9. The van der Waals surface area contributed by atoms with Crippen molar-refractivity contribution >= 4 is 65.7 Å². The number of rotatable bonds is 2. The summed E-state index contributed by atoms with van der Waals surface area (Å²) >= 11 is 0. The lowest BCUT2D eigenvalue weighted by atomic mass is 9.84. The maximum absolute atomic E-state index is 4.82. The molecule has 0 fully saturated rings. The second kappa shape index (κ2) is 8.74. The van der Waals surface area contributed by atoms with Gasteiger partial charge in [-0.15, -0.1) is 0 Å². The van der Waals surface area contributed by atoms with Crippen LogP contribution in [0.15, 0.2) is 110 Å². The first-order valence-electron chi connectivity index (χ1n) is 13.5. The molecule has 194 valence electrons. The molecule has 4 heterocycles. The van der Waals surface area contributed by atoms with E-state index in [0.29, 0.717) is 0 Å². The number of nitrogens with zero attached hydrogens (tertiary/aromatic N) is 8. The molecule has 9 aromatic rings. The van der Waals surface area contributed by atoms with Gasteiger partial charge in [-0.1, -0.05) is 48.5 Å². The summed E-state index contributed by atoms with van der Waals surface area (Å²) in [6, 6.07) is 20.8. The van der Waals surface area contributed by atoms with Gasteiger partial charge in [0.1, 0.15) is 0 Å². The van der Waals surface area contributed by atoms with Crippen LogP contribution in [0.2, 0.25) is 0 Å². The van der Waals surface area contributed by atoms with Crippen LogP contribution in [0.4, 0.5) is 0 Å². The van der Waals surface area contributed by atoms with E-state index in [2.05, 4.69) is 68.5 Å². The normalized spacial score (nSPS) is 11.8. The third-order valence-corrected chi connectivity index (χ3v) is 7.83. The lowest BCUT2D eigenvalue weighted by molar-refractivity contribution is 1.27. The zero-order valence-corrected chi connectivity index (χ0v) is 22.0. The predicted molar refractivity (Wildman–Crippen MR) is 165 cm³/mol. The Bertz CT molecular complexity index is 2200. The van der Waals surface area contributed by atoms with E-state index in [4.69, 9.17) is 19.9 Å². The summed E-state index contributed by atoms with van der Waals surface area (Å²) in [6.45, 7) is 0. The molecule has 8 nitrogen and oxygen atoms in total. The Morgan fingerprint density at radius 2 is 0.548 bits per heavy atom. The average molecular weight is 539 g/mol. The molecule has 0 spiro atoms. The third kappa shape index (κ3) is 3.17. The maximum atomic E-state index is 4.82. The van der Waals surface area contributed by atoms with Gasteiger partial charge in [-0.25, -0.2) is 0 Å². The van der Waals surface area contributed by atoms with Crippen molar-refractivity contribution in [3.63, 3.8) is 0 Å². The SMILES string of the molecule is c1ccc2c(-c3c4nccnc4cc4nccnc34)c3ccccc3c(-c3c4nccnc4cc4nccnc34)c2c1. The zero-order valence-electron chi connectivity index (χ0n) is 22.0. The average Bonchev–Trinajstić information content (AvgIpc) is 3.05. The van der Waals surface area contributed by atoms with Crippen molar-refractivity contribution in [3.05, 3.63) is 110 Å². The van der Waals surface area contributed by atoms with Crippen molar-refractivity contribution in [2.75, 3.05) is 0 Å². The summed E-state index contributed by atoms with van der Waals surface area (Å²) in [5, 5.41) is 4.20. The molecule has 0 aliphatic rings. The number of aromatic nitrogens is 8. The summed E-state index contributed by atoms with van der Waals surface area (Å²) in [5.74, 6) is 0. The molecule has 0 atom stereocenters. The van der Waals surface area contributed by atoms with Gasteiger partial charge < -0.3 is 0 Å². The maximum Gasteiger partial charge on any atom is 0.0988 e. The first kappa shape index (κ1) is 22.8. The van der Waals surface area contributed by atoms with E-state index in [-0.39, 0.29) is 0 Å². The van der Waals surface area contributed by atoms with Gasteiger partial charge in [0.05, 0.1) is 44.1 Å². The van der Waals surface area contributed by atoms with E-state index < -0.39 is 0 Å². The van der Waals surface area contributed by atoms with E-state index in [0.717, 1.165) is 87.9 Å². The molecule has 0 saturated carbocycles. The van der Waals surface area contributed by atoms with Crippen LogP contribution in [0.3, 0.4) is 0 Å². The smallest absolute Gasteiger partial charge is 0.0988 e. The number of fused-ring (bicyclic) bond motifs is 6. The Morgan fingerprint density at radius 1 is 0.286 bits per heavy atom. The van der Waals surface area contributed by atoms with Gasteiger partial charge in [0, 0.05) is 71.8 Å². The van der Waals surface area contributed by atoms with Crippen molar-refractivity contribution in [2.45, 2.75) is 0 Å². The molecule has 0 aliphatic carbocycles. The Balaban J connectivity index is 1.55. The first-order valence-corrected chi connectivity index (χ1v) is 13.5. The molecule has 9 rings (SSSR count). The largest absolute Gasteiger partial charge is 0.253 e. The van der Waals surface area contributed by atoms with E-state index in [1.165, 1.54) is 0 Å². The minimum absolute atomic E-state index is 0.767. The Kier molecular flexibility index (Phi) is 4.74. The molecular formula is C34H18N8. The summed E-state index contributed by atoms with van der Waals surface area (Å²) in [4.78, 5) is 37.9. The molecule has 0 amide bonds. The van der Waals surface area contributed by atoms with Gasteiger partial charge in [-0.3, -0.25) is 39.9 Å². The highest BCUT2D eigenvalue weighted by Crippen LogP contribution is 2.48. The van der Waals surface area contributed by atoms with E-state index in [1.54, 1.807) is 49.6 Å². The van der Waals surface area contributed by atoms with Crippen LogP contribution < -0.4 is 0 Å². The molecule has 0 bridgehead atoms. The van der Waals surface area contributed by atoms with Crippen molar-refractivity contribution in [1.29, 1.82) is 0 Å². The molecule has 8 heteroatoms. The molecule has 0 aliphatic heterocycles. The summed E-state index contributed by atoms with van der Waals surface area (Å²) in [6.07, 6.45) is 13.8. The van der Waals surface area contributed by atoms with Crippen molar-refractivity contribution in [3.8, 4) is 22.3 Å². The lowest BCUT2D eigenvalue weighted by Crippen LogP contribution is -1.98. The highest BCUT2D eigenvalue weighted by atomic mass is 14.8. The van der Waals surface area contributed by atoms with E-state index in [9.17, 15) is 0 Å². The molecule has 0 N–H and O–H groups in total. The van der Waals surface area contributed by atoms with Crippen molar-refractivity contribution in [2.24, 2.45) is 0 Å².